The molecule has 1 amide bonds. The van der Waals surface area contributed by atoms with Crippen molar-refractivity contribution in [1.29, 1.82) is 0 Å². The number of benzene rings is 2. The van der Waals surface area contributed by atoms with E-state index >= 15 is 0 Å². The summed E-state index contributed by atoms with van der Waals surface area (Å²) in [7, 11) is -2.10. The summed E-state index contributed by atoms with van der Waals surface area (Å²) in [5, 5.41) is -0.0375. The lowest BCUT2D eigenvalue weighted by molar-refractivity contribution is -0.134. The Labute approximate surface area is 328 Å². The van der Waals surface area contributed by atoms with Crippen molar-refractivity contribution in [2.24, 2.45) is 17.3 Å². The second kappa shape index (κ2) is 14.7. The van der Waals surface area contributed by atoms with E-state index in [2.05, 4.69) is 71.4 Å². The summed E-state index contributed by atoms with van der Waals surface area (Å²) in [6, 6.07) is 11.7. The number of methoxy groups -OCH3 is 1. The molecule has 6 atom stereocenters. The fraction of sp³-hybridized carbons (Fsp3) is 0.651. The molecule has 2 aromatic carbocycles. The highest BCUT2D eigenvalue weighted by atomic mass is 35.5. The number of nitrogens with zero attached hydrogens (tertiary/aromatic N) is 3. The van der Waals surface area contributed by atoms with E-state index in [1.165, 1.54) is 11.1 Å². The van der Waals surface area contributed by atoms with Gasteiger partial charge in [-0.2, -0.15) is 0 Å². The third-order valence-corrected chi connectivity index (χ3v) is 16.3. The molecule has 0 radical (unpaired) electrons. The average molecular weight is 782 g/mol. The van der Waals surface area contributed by atoms with Gasteiger partial charge in [-0.15, -0.1) is 0 Å². The van der Waals surface area contributed by atoms with Crippen LogP contribution in [0, 0.1) is 17.3 Å². The van der Waals surface area contributed by atoms with Crippen LogP contribution in [-0.2, 0) is 26.6 Å². The first kappa shape index (κ1) is 39.6. The van der Waals surface area contributed by atoms with Crippen LogP contribution in [0.1, 0.15) is 95.1 Å². The van der Waals surface area contributed by atoms with Crippen LogP contribution in [0.3, 0.4) is 0 Å². The predicted octanol–water partition coefficient (Wildman–Crippen LogP) is 7.07. The lowest BCUT2D eigenvalue weighted by Gasteiger charge is -2.58. The van der Waals surface area contributed by atoms with Crippen LogP contribution in [0.15, 0.2) is 48.6 Å². The van der Waals surface area contributed by atoms with Crippen molar-refractivity contribution in [1.82, 2.24) is 14.5 Å². The van der Waals surface area contributed by atoms with E-state index in [0.29, 0.717) is 30.9 Å². The monoisotopic (exact) mass is 780 g/mol. The highest BCUT2D eigenvalue weighted by molar-refractivity contribution is 7.90. The van der Waals surface area contributed by atoms with Crippen LogP contribution in [0.2, 0.25) is 5.02 Å². The quantitative estimate of drug-likeness (QED) is 0.330. The number of hydrogen-bond donors (Lipinski definition) is 1. The van der Waals surface area contributed by atoms with Crippen molar-refractivity contribution in [3.63, 3.8) is 0 Å². The molecule has 7 rings (SSSR count). The number of carbonyl (C=O) groups excluding carboxylic acids is 1. The highest BCUT2D eigenvalue weighted by Crippen LogP contribution is 2.56. The first-order valence-electron chi connectivity index (χ1n) is 20.1. The van der Waals surface area contributed by atoms with Gasteiger partial charge in [0.05, 0.1) is 17.5 Å². The van der Waals surface area contributed by atoms with Crippen molar-refractivity contribution in [3.05, 3.63) is 70.3 Å². The highest BCUT2D eigenvalue weighted by Gasteiger charge is 2.56. The molecule has 5 aliphatic rings. The number of hydrogen-bond acceptors (Lipinski definition) is 8. The summed E-state index contributed by atoms with van der Waals surface area (Å²) in [4.78, 5) is 21.3. The van der Waals surface area contributed by atoms with Gasteiger partial charge in [-0.1, -0.05) is 50.6 Å². The number of piperazine rings is 1. The summed E-state index contributed by atoms with van der Waals surface area (Å²) < 4.78 is 43.3. The number of carbonyl (C=O) groups is 1. The lowest BCUT2D eigenvalue weighted by Crippen LogP contribution is -2.65. The number of allylic oxidation sites excluding steroid dienone is 1. The van der Waals surface area contributed by atoms with Gasteiger partial charge < -0.3 is 14.4 Å². The Kier molecular flexibility index (Phi) is 10.8. The summed E-state index contributed by atoms with van der Waals surface area (Å²) in [5.74, 6) is 0.0711. The van der Waals surface area contributed by atoms with Crippen LogP contribution in [0.5, 0.6) is 5.75 Å². The molecule has 2 fully saturated rings. The molecular weight excluding hydrogens is 720 g/mol. The number of nitrogens with one attached hydrogen (secondary N) is 1. The van der Waals surface area contributed by atoms with E-state index in [4.69, 9.17) is 21.1 Å². The van der Waals surface area contributed by atoms with E-state index in [1.807, 2.05) is 32.2 Å². The molecule has 1 spiro atoms. The normalized spacial score (nSPS) is 34.8. The molecule has 54 heavy (non-hydrogen) atoms. The van der Waals surface area contributed by atoms with Gasteiger partial charge in [-0.25, -0.2) is 13.1 Å². The minimum atomic E-state index is -3.97. The first-order chi connectivity index (χ1) is 25.5. The molecule has 9 nitrogen and oxygen atoms in total. The molecule has 1 unspecified atom stereocenters. The molecule has 3 aliphatic heterocycles. The fourth-order valence-electron chi connectivity index (χ4n) is 10.7. The summed E-state index contributed by atoms with van der Waals surface area (Å²) in [6.07, 6.45) is 10.0. The number of amides is 1. The number of sulfonamides is 1. The second-order valence-electron chi connectivity index (χ2n) is 18.1. The zero-order valence-electron chi connectivity index (χ0n) is 33.4. The Balaban J connectivity index is 1.33. The van der Waals surface area contributed by atoms with Gasteiger partial charge in [0.25, 0.3) is 5.91 Å². The van der Waals surface area contributed by atoms with Gasteiger partial charge in [0.2, 0.25) is 10.0 Å². The molecule has 2 aromatic rings. The number of anilines is 1. The first-order valence-corrected chi connectivity index (χ1v) is 22.0. The van der Waals surface area contributed by atoms with Crippen molar-refractivity contribution in [2.75, 3.05) is 64.4 Å². The zero-order valence-corrected chi connectivity index (χ0v) is 35.0. The van der Waals surface area contributed by atoms with Crippen molar-refractivity contribution in [2.45, 2.75) is 102 Å². The maximum atomic E-state index is 13.7. The van der Waals surface area contributed by atoms with Crippen LogP contribution >= 0.6 is 11.6 Å². The molecule has 1 saturated heterocycles. The predicted molar refractivity (Wildman–Crippen MR) is 217 cm³/mol. The summed E-state index contributed by atoms with van der Waals surface area (Å²) >= 11 is 6.53. The van der Waals surface area contributed by atoms with Gasteiger partial charge in [-0.3, -0.25) is 14.6 Å². The summed E-state index contributed by atoms with van der Waals surface area (Å²) in [6.45, 7) is 19.6. The number of ether oxygens (including phenoxy) is 2. The van der Waals surface area contributed by atoms with Gasteiger partial charge in [-0.05, 0) is 125 Å². The van der Waals surface area contributed by atoms with Crippen LogP contribution in [0.25, 0.3) is 0 Å². The van der Waals surface area contributed by atoms with Gasteiger partial charge in [0.15, 0.2) is 0 Å². The molecule has 2 bridgehead atoms. The van der Waals surface area contributed by atoms with Crippen molar-refractivity contribution >= 4 is 33.2 Å². The van der Waals surface area contributed by atoms with Crippen LogP contribution < -0.4 is 14.4 Å². The maximum absolute atomic E-state index is 13.7. The largest absolute Gasteiger partial charge is 0.490 e. The van der Waals surface area contributed by atoms with Crippen LogP contribution in [0.4, 0.5) is 5.69 Å². The smallest absolute Gasteiger partial charge is 0.264 e. The molecule has 1 saturated carbocycles. The summed E-state index contributed by atoms with van der Waals surface area (Å²) in [5.41, 5.74) is 2.74. The minimum absolute atomic E-state index is 0.0396. The van der Waals surface area contributed by atoms with E-state index in [-0.39, 0.29) is 28.2 Å². The van der Waals surface area contributed by atoms with E-state index in [1.54, 1.807) is 13.0 Å². The molecule has 0 aromatic heterocycles. The third kappa shape index (κ3) is 7.23. The van der Waals surface area contributed by atoms with E-state index < -0.39 is 26.8 Å². The number of likely N-dealkylation sites (N-methyl/N-ethyl adjacent to an activating group) is 1. The third-order valence-electron chi connectivity index (χ3n) is 14.1. The SMILES string of the molecule is CCN1CCN(C[C@@]2(OC)/C=C/C[C@H](C)[C@@H](C)S(=O)(=O)NC(=O)c3ccc4c(c3)N(CC3(C)CC[C@H]32)C[C@@]2(CCCc3cc(Cl)ccc32)CO4)CC1(C)C. The van der Waals surface area contributed by atoms with Crippen molar-refractivity contribution < 1.29 is 22.7 Å². The molecule has 11 heteroatoms. The van der Waals surface area contributed by atoms with Gasteiger partial charge in [0.1, 0.15) is 11.4 Å². The maximum Gasteiger partial charge on any atom is 0.264 e. The Morgan fingerprint density at radius 2 is 1.83 bits per heavy atom. The Bertz CT molecular complexity index is 1890. The Morgan fingerprint density at radius 3 is 2.54 bits per heavy atom. The number of halogens is 1. The van der Waals surface area contributed by atoms with Gasteiger partial charge >= 0.3 is 0 Å². The fourth-order valence-corrected chi connectivity index (χ4v) is 12.1. The topological polar surface area (TPSA) is 91.4 Å². The minimum Gasteiger partial charge on any atom is -0.490 e. The second-order valence-corrected chi connectivity index (χ2v) is 20.5. The molecule has 1 N–H and O–H groups in total. The van der Waals surface area contributed by atoms with E-state index in [9.17, 15) is 13.2 Å². The molecule has 2 aliphatic carbocycles. The van der Waals surface area contributed by atoms with Crippen molar-refractivity contribution in [3.8, 4) is 5.75 Å². The zero-order chi connectivity index (χ0) is 38.7. The van der Waals surface area contributed by atoms with Gasteiger partial charge in [0, 0.05) is 67.9 Å². The van der Waals surface area contributed by atoms with E-state index in [0.717, 1.165) is 82.1 Å². The number of rotatable bonds is 4. The number of fused-ring (bicyclic) bond motifs is 4. The molecular formula is C43H61ClN4O5S. The van der Waals surface area contributed by atoms with Crippen LogP contribution in [-0.4, -0.2) is 100 Å². The standard InChI is InChI=1S/C43H61ClN4O5S/c1-8-48-22-21-46(25-40(48,4)5)28-43(52-7)19-9-11-30(2)31(3)54(50,51)45-39(49)33-13-16-37-36(24-33)47(26-41(6)20-17-38(41)43)27-42(29-53-37)18-10-12-32-23-34(44)14-15-35(32)42/h9,13-16,19,23-24,30-31,38H,8,10-12,17-18,20-22,25-29H2,1-7H3,(H,45,49)/b19-9+/t30-,31+,38+,41?,42-,43-/m0/s1. The molecule has 296 valence electrons. The average Bonchev–Trinajstić information content (AvgIpc) is 3.26. The Hall–Kier alpha value is -2.63. The molecule has 3 heterocycles. The lowest BCUT2D eigenvalue weighted by atomic mass is 9.54. The Morgan fingerprint density at radius 1 is 1.04 bits per heavy atom. The number of aryl methyl sites for hydroxylation is 1.